The predicted molar refractivity (Wildman–Crippen MR) is 66.2 cm³/mol. The van der Waals surface area contributed by atoms with Gasteiger partial charge in [-0.25, -0.2) is 0 Å². The van der Waals surface area contributed by atoms with E-state index in [2.05, 4.69) is 5.43 Å². The van der Waals surface area contributed by atoms with Gasteiger partial charge in [0.2, 0.25) is 0 Å². The van der Waals surface area contributed by atoms with Crippen LogP contribution in [0, 0.1) is 17.8 Å². The Kier molecular flexibility index (Phi) is 5.09. The molecule has 19 heavy (non-hydrogen) atoms. The quantitative estimate of drug-likeness (QED) is 0.617. The topological polar surface area (TPSA) is 47.3 Å². The zero-order valence-electron chi connectivity index (χ0n) is 11.1. The lowest BCUT2D eigenvalue weighted by Crippen LogP contribution is -2.52. The number of hydrazine groups is 1. The van der Waals surface area contributed by atoms with E-state index < -0.39 is 12.1 Å². The molecule has 1 heterocycles. The number of rotatable bonds is 3. The van der Waals surface area contributed by atoms with E-state index >= 15 is 0 Å². The standard InChI is InChI=1S/C13H23F3N2O/c14-13(15,16)11-4-2-1-3-10(11)12(18-17)9-5-7-19-8-6-9/h9-12,18H,1-8,17H2. The van der Waals surface area contributed by atoms with Crippen molar-refractivity contribution in [3.8, 4) is 0 Å². The summed E-state index contributed by atoms with van der Waals surface area (Å²) in [6, 6.07) is -0.240. The predicted octanol–water partition coefficient (Wildman–Crippen LogP) is 2.61. The molecular formula is C13H23F3N2O. The summed E-state index contributed by atoms with van der Waals surface area (Å²) in [7, 11) is 0. The van der Waals surface area contributed by atoms with Crippen molar-refractivity contribution in [2.24, 2.45) is 23.6 Å². The van der Waals surface area contributed by atoms with Crippen molar-refractivity contribution in [2.75, 3.05) is 13.2 Å². The molecule has 0 amide bonds. The summed E-state index contributed by atoms with van der Waals surface area (Å²) in [5.41, 5.74) is 2.69. The third kappa shape index (κ3) is 3.61. The highest BCUT2D eigenvalue weighted by atomic mass is 19.4. The average Bonchev–Trinajstić information content (AvgIpc) is 2.40. The Morgan fingerprint density at radius 2 is 1.68 bits per heavy atom. The van der Waals surface area contributed by atoms with Crippen molar-refractivity contribution in [2.45, 2.75) is 50.7 Å². The van der Waals surface area contributed by atoms with E-state index in [1.54, 1.807) is 0 Å². The Hall–Kier alpha value is -0.330. The van der Waals surface area contributed by atoms with Crippen LogP contribution in [0.4, 0.5) is 13.2 Å². The molecule has 0 aromatic rings. The molecule has 1 aliphatic heterocycles. The molecule has 0 radical (unpaired) electrons. The number of ether oxygens (including phenoxy) is 1. The monoisotopic (exact) mass is 280 g/mol. The minimum atomic E-state index is -4.11. The molecule has 3 atom stereocenters. The van der Waals surface area contributed by atoms with Crippen molar-refractivity contribution in [1.29, 1.82) is 0 Å². The second kappa shape index (κ2) is 6.41. The molecule has 1 saturated heterocycles. The lowest BCUT2D eigenvalue weighted by atomic mass is 9.70. The van der Waals surface area contributed by atoms with Gasteiger partial charge in [-0.2, -0.15) is 13.2 Å². The lowest BCUT2D eigenvalue weighted by Gasteiger charge is -2.42. The summed E-state index contributed by atoms with van der Waals surface area (Å²) in [5, 5.41) is 0. The van der Waals surface area contributed by atoms with Crippen LogP contribution in [-0.4, -0.2) is 25.4 Å². The first kappa shape index (κ1) is 15.1. The van der Waals surface area contributed by atoms with Crippen LogP contribution in [0.2, 0.25) is 0 Å². The molecule has 0 aromatic heterocycles. The Morgan fingerprint density at radius 1 is 1.05 bits per heavy atom. The van der Waals surface area contributed by atoms with Crippen LogP contribution in [0.1, 0.15) is 38.5 Å². The smallest absolute Gasteiger partial charge is 0.381 e. The van der Waals surface area contributed by atoms with E-state index in [0.29, 0.717) is 26.1 Å². The van der Waals surface area contributed by atoms with Crippen LogP contribution in [0.15, 0.2) is 0 Å². The molecule has 3 nitrogen and oxygen atoms in total. The third-order valence-corrected chi connectivity index (χ3v) is 4.67. The summed E-state index contributed by atoms with van der Waals surface area (Å²) < 4.78 is 44.8. The number of hydrogen-bond donors (Lipinski definition) is 2. The molecule has 1 aliphatic carbocycles. The molecule has 2 fully saturated rings. The number of halogens is 3. The molecule has 0 aromatic carbocycles. The first-order valence-corrected chi connectivity index (χ1v) is 7.14. The van der Waals surface area contributed by atoms with Gasteiger partial charge < -0.3 is 4.74 Å². The van der Waals surface area contributed by atoms with E-state index in [1.165, 1.54) is 0 Å². The fourth-order valence-corrected chi connectivity index (χ4v) is 3.68. The normalized spacial score (nSPS) is 32.2. The van der Waals surface area contributed by atoms with Gasteiger partial charge in [0.15, 0.2) is 0 Å². The second-order valence-corrected chi connectivity index (χ2v) is 5.74. The number of nitrogens with one attached hydrogen (secondary N) is 1. The number of nitrogens with two attached hydrogens (primary N) is 1. The minimum absolute atomic E-state index is 0.201. The molecule has 2 aliphatic rings. The van der Waals surface area contributed by atoms with Gasteiger partial charge in [-0.3, -0.25) is 11.3 Å². The summed E-state index contributed by atoms with van der Waals surface area (Å²) in [6.45, 7) is 1.26. The SMILES string of the molecule is NNC(C1CCOCC1)C1CCCCC1C(F)(F)F. The zero-order chi connectivity index (χ0) is 13.9. The Balaban J connectivity index is 2.09. The van der Waals surface area contributed by atoms with Crippen molar-refractivity contribution in [3.63, 3.8) is 0 Å². The fourth-order valence-electron chi connectivity index (χ4n) is 3.68. The van der Waals surface area contributed by atoms with Crippen LogP contribution in [0.5, 0.6) is 0 Å². The van der Waals surface area contributed by atoms with Gasteiger partial charge in [0, 0.05) is 19.3 Å². The Labute approximate surface area is 112 Å². The van der Waals surface area contributed by atoms with E-state index in [9.17, 15) is 13.2 Å². The van der Waals surface area contributed by atoms with Gasteiger partial charge in [0.1, 0.15) is 0 Å². The zero-order valence-corrected chi connectivity index (χ0v) is 11.1. The van der Waals surface area contributed by atoms with Crippen molar-refractivity contribution >= 4 is 0 Å². The van der Waals surface area contributed by atoms with Crippen LogP contribution in [0.3, 0.4) is 0 Å². The molecule has 2 rings (SSSR count). The van der Waals surface area contributed by atoms with Gasteiger partial charge in [-0.05, 0) is 37.5 Å². The first-order chi connectivity index (χ1) is 9.04. The summed E-state index contributed by atoms with van der Waals surface area (Å²) in [6.07, 6.45) is -0.0897. The molecule has 3 N–H and O–H groups in total. The molecular weight excluding hydrogens is 257 g/mol. The highest BCUT2D eigenvalue weighted by Crippen LogP contribution is 2.44. The van der Waals surface area contributed by atoms with Crippen LogP contribution >= 0.6 is 0 Å². The highest BCUT2D eigenvalue weighted by Gasteiger charge is 2.49. The van der Waals surface area contributed by atoms with E-state index in [1.807, 2.05) is 0 Å². The average molecular weight is 280 g/mol. The van der Waals surface area contributed by atoms with Gasteiger partial charge in [0.25, 0.3) is 0 Å². The van der Waals surface area contributed by atoms with Gasteiger partial charge in [-0.15, -0.1) is 0 Å². The van der Waals surface area contributed by atoms with Crippen LogP contribution < -0.4 is 11.3 Å². The summed E-state index contributed by atoms with van der Waals surface area (Å²) >= 11 is 0. The third-order valence-electron chi connectivity index (χ3n) is 4.67. The molecule has 6 heteroatoms. The Bertz CT molecular complexity index is 280. The van der Waals surface area contributed by atoms with Crippen molar-refractivity contribution in [1.82, 2.24) is 5.43 Å². The number of hydrogen-bond acceptors (Lipinski definition) is 3. The van der Waals surface area contributed by atoms with E-state index in [-0.39, 0.29) is 24.3 Å². The maximum atomic E-state index is 13.2. The largest absolute Gasteiger partial charge is 0.392 e. The minimum Gasteiger partial charge on any atom is -0.381 e. The highest BCUT2D eigenvalue weighted by molar-refractivity contribution is 4.91. The molecule has 3 unspecified atom stereocenters. The fraction of sp³-hybridized carbons (Fsp3) is 1.00. The maximum absolute atomic E-state index is 13.2. The first-order valence-electron chi connectivity index (χ1n) is 7.14. The second-order valence-electron chi connectivity index (χ2n) is 5.74. The number of alkyl halides is 3. The van der Waals surface area contributed by atoms with Crippen LogP contribution in [0.25, 0.3) is 0 Å². The molecule has 112 valence electrons. The van der Waals surface area contributed by atoms with E-state index in [4.69, 9.17) is 10.6 Å². The van der Waals surface area contributed by atoms with E-state index in [0.717, 1.165) is 19.3 Å². The summed E-state index contributed by atoms with van der Waals surface area (Å²) in [5.74, 6) is 4.19. The lowest BCUT2D eigenvalue weighted by molar-refractivity contribution is -0.201. The summed E-state index contributed by atoms with van der Waals surface area (Å²) in [4.78, 5) is 0. The van der Waals surface area contributed by atoms with Crippen LogP contribution in [-0.2, 0) is 4.74 Å². The van der Waals surface area contributed by atoms with Crippen molar-refractivity contribution < 1.29 is 17.9 Å². The maximum Gasteiger partial charge on any atom is 0.392 e. The molecule has 0 spiro atoms. The van der Waals surface area contributed by atoms with Crippen molar-refractivity contribution in [3.05, 3.63) is 0 Å². The van der Waals surface area contributed by atoms with Gasteiger partial charge in [0.05, 0.1) is 5.92 Å². The molecule has 1 saturated carbocycles. The molecule has 0 bridgehead atoms. The Morgan fingerprint density at radius 3 is 2.26 bits per heavy atom. The van der Waals surface area contributed by atoms with Gasteiger partial charge in [-0.1, -0.05) is 12.8 Å². The van der Waals surface area contributed by atoms with Gasteiger partial charge >= 0.3 is 6.18 Å².